The van der Waals surface area contributed by atoms with Gasteiger partial charge in [0.25, 0.3) is 5.91 Å². The molecule has 162 valence electrons. The Balaban J connectivity index is 1.62. The highest BCUT2D eigenvalue weighted by atomic mass is 19.1. The van der Waals surface area contributed by atoms with E-state index in [1.54, 1.807) is 18.2 Å². The molecule has 0 aliphatic carbocycles. The van der Waals surface area contributed by atoms with Gasteiger partial charge in [0.15, 0.2) is 5.82 Å². The number of methoxy groups -OCH3 is 1. The van der Waals surface area contributed by atoms with E-state index in [1.165, 1.54) is 37.4 Å². The van der Waals surface area contributed by atoms with Crippen molar-refractivity contribution >= 4 is 34.3 Å². The van der Waals surface area contributed by atoms with E-state index in [0.717, 1.165) is 11.6 Å². The summed E-state index contributed by atoms with van der Waals surface area (Å²) in [6.07, 6.45) is 0.289. The highest BCUT2D eigenvalue weighted by molar-refractivity contribution is 6.11. The normalized spacial score (nSPS) is 10.8. The average molecular weight is 436 g/mol. The number of amides is 1. The first kappa shape index (κ1) is 21.0. The maximum Gasteiger partial charge on any atom is 0.337 e. The van der Waals surface area contributed by atoms with E-state index in [-0.39, 0.29) is 29.1 Å². The third kappa shape index (κ3) is 4.27. The summed E-state index contributed by atoms with van der Waals surface area (Å²) in [6.45, 7) is 0. The van der Waals surface area contributed by atoms with E-state index >= 15 is 0 Å². The van der Waals surface area contributed by atoms with E-state index in [0.29, 0.717) is 16.5 Å². The molecule has 0 aliphatic heterocycles. The molecule has 4 N–H and O–H groups in total. The van der Waals surface area contributed by atoms with Crippen LogP contribution in [0, 0.1) is 11.6 Å². The highest BCUT2D eigenvalue weighted by Crippen LogP contribution is 2.25. The SMILES string of the molecule is COC(=O)c1ccc(N)c(C(=O)Nc2n[nH]c3ccc(Cc4cc(F)cc(F)c4)cc23)c1. The molecule has 0 bridgehead atoms. The molecule has 0 saturated carbocycles. The van der Waals surface area contributed by atoms with Crippen LogP contribution in [0.2, 0.25) is 0 Å². The quantitative estimate of drug-likeness (QED) is 0.323. The molecular formula is C23H18F2N4O3. The summed E-state index contributed by atoms with van der Waals surface area (Å²) in [7, 11) is 1.24. The first-order valence-electron chi connectivity index (χ1n) is 9.55. The van der Waals surface area contributed by atoms with E-state index in [2.05, 4.69) is 20.3 Å². The number of benzene rings is 3. The molecule has 0 aliphatic rings. The molecule has 7 nitrogen and oxygen atoms in total. The third-order valence-electron chi connectivity index (χ3n) is 4.91. The van der Waals surface area contributed by atoms with Gasteiger partial charge in [0.05, 0.1) is 23.8 Å². The Labute approximate surface area is 181 Å². The van der Waals surface area contributed by atoms with Crippen LogP contribution in [-0.4, -0.2) is 29.2 Å². The zero-order chi connectivity index (χ0) is 22.8. The number of carbonyl (C=O) groups is 2. The van der Waals surface area contributed by atoms with Gasteiger partial charge in [-0.1, -0.05) is 6.07 Å². The standard InChI is InChI=1S/C23H18F2N4O3/c1-32-23(31)14-3-4-19(26)17(10-14)22(30)27-21-18-9-12(2-5-20(18)28-29-21)6-13-7-15(24)11-16(25)8-13/h2-5,7-11H,6,26H2,1H3,(H2,27,28,29,30). The number of rotatable bonds is 5. The summed E-state index contributed by atoms with van der Waals surface area (Å²) in [5, 5.41) is 10.2. The Morgan fingerprint density at radius 2 is 1.78 bits per heavy atom. The van der Waals surface area contributed by atoms with Crippen LogP contribution in [0.5, 0.6) is 0 Å². The lowest BCUT2D eigenvalue weighted by Crippen LogP contribution is -2.16. The van der Waals surface area contributed by atoms with Gasteiger partial charge < -0.3 is 15.8 Å². The van der Waals surface area contributed by atoms with Gasteiger partial charge >= 0.3 is 5.97 Å². The lowest BCUT2D eigenvalue weighted by atomic mass is 10.0. The highest BCUT2D eigenvalue weighted by Gasteiger charge is 2.17. The topological polar surface area (TPSA) is 110 Å². The molecule has 3 aromatic carbocycles. The second kappa shape index (κ2) is 8.46. The maximum absolute atomic E-state index is 13.5. The number of hydrogen-bond acceptors (Lipinski definition) is 5. The molecule has 0 atom stereocenters. The van der Waals surface area contributed by atoms with Gasteiger partial charge in [0.2, 0.25) is 0 Å². The Bertz CT molecular complexity index is 1330. The first-order valence-corrected chi connectivity index (χ1v) is 9.55. The van der Waals surface area contributed by atoms with Crippen molar-refractivity contribution in [3.63, 3.8) is 0 Å². The fourth-order valence-electron chi connectivity index (χ4n) is 3.39. The van der Waals surface area contributed by atoms with Gasteiger partial charge in [0.1, 0.15) is 11.6 Å². The van der Waals surface area contributed by atoms with Gasteiger partial charge in [-0.15, -0.1) is 0 Å². The smallest absolute Gasteiger partial charge is 0.337 e. The summed E-state index contributed by atoms with van der Waals surface area (Å²) in [4.78, 5) is 24.6. The van der Waals surface area contributed by atoms with E-state index < -0.39 is 23.5 Å². The number of H-pyrrole nitrogens is 1. The number of anilines is 2. The number of nitrogen functional groups attached to an aromatic ring is 1. The molecule has 0 radical (unpaired) electrons. The minimum atomic E-state index is -0.649. The number of hydrogen-bond donors (Lipinski definition) is 3. The van der Waals surface area contributed by atoms with Crippen LogP contribution in [0.1, 0.15) is 31.8 Å². The largest absolute Gasteiger partial charge is 0.465 e. The number of carbonyl (C=O) groups excluding carboxylic acids is 2. The Kier molecular flexibility index (Phi) is 5.55. The van der Waals surface area contributed by atoms with Crippen LogP contribution in [0.3, 0.4) is 0 Å². The molecule has 1 heterocycles. The van der Waals surface area contributed by atoms with Crippen LogP contribution in [0.25, 0.3) is 10.9 Å². The number of aromatic amines is 1. The van der Waals surface area contributed by atoms with Crippen LogP contribution in [0.15, 0.2) is 54.6 Å². The van der Waals surface area contributed by atoms with Crippen molar-refractivity contribution < 1.29 is 23.1 Å². The van der Waals surface area contributed by atoms with Gasteiger partial charge in [0, 0.05) is 17.1 Å². The van der Waals surface area contributed by atoms with Gasteiger partial charge in [-0.05, 0) is 60.0 Å². The van der Waals surface area contributed by atoms with Crippen molar-refractivity contribution in [3.05, 3.63) is 88.5 Å². The van der Waals surface area contributed by atoms with Crippen molar-refractivity contribution in [1.29, 1.82) is 0 Å². The van der Waals surface area contributed by atoms with Crippen LogP contribution >= 0.6 is 0 Å². The number of nitrogens with one attached hydrogen (secondary N) is 2. The summed E-state index contributed by atoms with van der Waals surface area (Å²) >= 11 is 0. The van der Waals surface area contributed by atoms with Gasteiger partial charge in [-0.25, -0.2) is 13.6 Å². The number of nitrogens with zero attached hydrogens (tertiary/aromatic N) is 1. The first-order chi connectivity index (χ1) is 15.3. The summed E-state index contributed by atoms with van der Waals surface area (Å²) in [5.41, 5.74) is 8.27. The van der Waals surface area contributed by atoms with Crippen LogP contribution < -0.4 is 11.1 Å². The number of ether oxygens (including phenoxy) is 1. The molecule has 4 rings (SSSR count). The minimum Gasteiger partial charge on any atom is -0.465 e. The van der Waals surface area contributed by atoms with Crippen molar-refractivity contribution in [2.45, 2.75) is 6.42 Å². The summed E-state index contributed by atoms with van der Waals surface area (Å²) < 4.78 is 31.7. The number of halogens is 2. The van der Waals surface area contributed by atoms with E-state index in [9.17, 15) is 18.4 Å². The van der Waals surface area contributed by atoms with Crippen LogP contribution in [-0.2, 0) is 11.2 Å². The molecule has 0 spiro atoms. The predicted molar refractivity (Wildman–Crippen MR) is 115 cm³/mol. The molecule has 0 saturated heterocycles. The van der Waals surface area contributed by atoms with Crippen molar-refractivity contribution in [2.24, 2.45) is 0 Å². The minimum absolute atomic E-state index is 0.0930. The van der Waals surface area contributed by atoms with E-state index in [1.807, 2.05) is 0 Å². The number of fused-ring (bicyclic) bond motifs is 1. The van der Waals surface area contributed by atoms with Gasteiger partial charge in [-0.2, -0.15) is 5.10 Å². The van der Waals surface area contributed by atoms with Gasteiger partial charge in [-0.3, -0.25) is 9.89 Å². The Morgan fingerprint density at radius 3 is 2.50 bits per heavy atom. The fraction of sp³-hybridized carbons (Fsp3) is 0.0870. The van der Waals surface area contributed by atoms with Crippen molar-refractivity contribution in [3.8, 4) is 0 Å². The molecule has 1 amide bonds. The fourth-order valence-corrected chi connectivity index (χ4v) is 3.39. The second-order valence-electron chi connectivity index (χ2n) is 7.15. The van der Waals surface area contributed by atoms with E-state index in [4.69, 9.17) is 5.73 Å². The molecule has 0 unspecified atom stereocenters. The molecule has 1 aromatic heterocycles. The third-order valence-corrected chi connectivity index (χ3v) is 4.91. The zero-order valence-corrected chi connectivity index (χ0v) is 16.9. The predicted octanol–water partition coefficient (Wildman–Crippen LogP) is 4.05. The molecule has 32 heavy (non-hydrogen) atoms. The maximum atomic E-state index is 13.5. The Morgan fingerprint density at radius 1 is 1.03 bits per heavy atom. The molecule has 4 aromatic rings. The monoisotopic (exact) mass is 436 g/mol. The summed E-state index contributed by atoms with van der Waals surface area (Å²) in [5.74, 6) is -2.20. The molecular weight excluding hydrogens is 418 g/mol. The average Bonchev–Trinajstić information content (AvgIpc) is 3.14. The molecule has 9 heteroatoms. The van der Waals surface area contributed by atoms with Crippen LogP contribution in [0.4, 0.5) is 20.3 Å². The lowest BCUT2D eigenvalue weighted by molar-refractivity contribution is 0.0600. The number of esters is 1. The van der Waals surface area contributed by atoms with Crippen molar-refractivity contribution in [1.82, 2.24) is 10.2 Å². The van der Waals surface area contributed by atoms with Crippen molar-refractivity contribution in [2.75, 3.05) is 18.2 Å². The summed E-state index contributed by atoms with van der Waals surface area (Å²) in [6, 6.07) is 12.9. The zero-order valence-electron chi connectivity index (χ0n) is 16.9. The Hall–Kier alpha value is -4.27. The number of nitrogens with two attached hydrogens (primary N) is 1. The molecule has 0 fully saturated rings. The lowest BCUT2D eigenvalue weighted by Gasteiger charge is -2.08. The number of aromatic nitrogens is 2. The second-order valence-corrected chi connectivity index (χ2v) is 7.15.